The first kappa shape index (κ1) is 21.3. The molecule has 2 aromatic carbocycles. The van der Waals surface area contributed by atoms with Crippen molar-refractivity contribution in [1.82, 2.24) is 0 Å². The second kappa shape index (κ2) is 7.98. The van der Waals surface area contributed by atoms with Crippen LogP contribution in [0.3, 0.4) is 0 Å². The van der Waals surface area contributed by atoms with E-state index in [9.17, 15) is 35.4 Å². The molecule has 2 aromatic rings. The fraction of sp³-hybridized carbons (Fsp3) is 0.381. The Bertz CT molecular complexity index is 975. The predicted octanol–water partition coefficient (Wildman–Crippen LogP) is 0.332. The van der Waals surface area contributed by atoms with Gasteiger partial charge in [-0.25, -0.2) is 0 Å². The van der Waals surface area contributed by atoms with E-state index in [2.05, 4.69) is 0 Å². The number of hydrogen-bond donors (Lipinski definition) is 6. The molecule has 0 amide bonds. The molecule has 0 saturated carbocycles. The summed E-state index contributed by atoms with van der Waals surface area (Å²) in [5, 5.41) is 59.8. The summed E-state index contributed by atoms with van der Waals surface area (Å²) in [5.74, 6) is -1.64. The monoisotopic (exact) mass is 434 g/mol. The number of aromatic hydroxyl groups is 3. The van der Waals surface area contributed by atoms with Crippen LogP contribution in [0.1, 0.15) is 28.9 Å². The zero-order valence-electron chi connectivity index (χ0n) is 16.3. The Morgan fingerprint density at radius 1 is 0.903 bits per heavy atom. The smallest absolute Gasteiger partial charge is 0.203 e. The quantitative estimate of drug-likeness (QED) is 0.396. The van der Waals surface area contributed by atoms with Crippen LogP contribution in [0.15, 0.2) is 36.4 Å². The second-order valence-corrected chi connectivity index (χ2v) is 7.57. The van der Waals surface area contributed by atoms with Crippen LogP contribution in [0, 0.1) is 0 Å². The third-order valence-electron chi connectivity index (χ3n) is 5.41. The molecule has 0 aromatic heterocycles. The fourth-order valence-electron chi connectivity index (χ4n) is 3.72. The van der Waals surface area contributed by atoms with Gasteiger partial charge >= 0.3 is 0 Å². The summed E-state index contributed by atoms with van der Waals surface area (Å²) < 4.78 is 17.0. The maximum absolute atomic E-state index is 13.3. The topological polar surface area (TPSA) is 166 Å². The Balaban J connectivity index is 1.73. The summed E-state index contributed by atoms with van der Waals surface area (Å²) >= 11 is 0. The van der Waals surface area contributed by atoms with E-state index < -0.39 is 54.4 Å². The van der Waals surface area contributed by atoms with E-state index in [1.165, 1.54) is 37.3 Å². The predicted molar refractivity (Wildman–Crippen MR) is 103 cm³/mol. The molecule has 0 unspecified atom stereocenters. The average Bonchev–Trinajstić information content (AvgIpc) is 2.72. The number of Topliss-reactive ketones (excluding diaryl/α,β-unsaturated/α-hetero) is 1. The van der Waals surface area contributed by atoms with Crippen molar-refractivity contribution in [3.8, 4) is 23.0 Å². The molecule has 6 N–H and O–H groups in total. The molecule has 10 heteroatoms. The van der Waals surface area contributed by atoms with Gasteiger partial charge in [-0.3, -0.25) is 4.79 Å². The van der Waals surface area contributed by atoms with Gasteiger partial charge in [0.1, 0.15) is 46.9 Å². The van der Waals surface area contributed by atoms with E-state index in [-0.39, 0.29) is 22.8 Å². The molecule has 0 aliphatic carbocycles. The van der Waals surface area contributed by atoms with E-state index in [1.807, 2.05) is 0 Å². The molecule has 10 nitrogen and oxygen atoms in total. The van der Waals surface area contributed by atoms with Gasteiger partial charge in [0.2, 0.25) is 5.78 Å². The molecule has 0 radical (unpaired) electrons. The number of ketones is 1. The van der Waals surface area contributed by atoms with Crippen LogP contribution in [-0.4, -0.2) is 73.2 Å². The molecule has 2 aliphatic rings. The standard InChI is InChI=1S/C21H22O10/c1-8-15(25)17(27)18(28)21(29-8)31-20-16(26)14-12(24)6-11(23)7-13(14)30-19(20)9-2-4-10(22)5-3-9/h2-8,15,17-25,27-28H,1H3/t8-,15-,17+,18-,19+,20+,21-/m0/s1. The third kappa shape index (κ3) is 3.80. The number of aliphatic hydroxyl groups excluding tert-OH is 3. The number of rotatable bonds is 3. The van der Waals surface area contributed by atoms with E-state index >= 15 is 0 Å². The Kier molecular flexibility index (Phi) is 5.50. The highest BCUT2D eigenvalue weighted by Gasteiger charge is 2.48. The zero-order valence-corrected chi connectivity index (χ0v) is 16.3. The number of hydrogen-bond acceptors (Lipinski definition) is 10. The van der Waals surface area contributed by atoms with Crippen molar-refractivity contribution in [2.24, 2.45) is 0 Å². The van der Waals surface area contributed by atoms with Gasteiger partial charge in [-0.15, -0.1) is 0 Å². The average molecular weight is 434 g/mol. The van der Waals surface area contributed by atoms with E-state index in [0.29, 0.717) is 5.56 Å². The molecule has 31 heavy (non-hydrogen) atoms. The van der Waals surface area contributed by atoms with Crippen LogP contribution in [0.4, 0.5) is 0 Å². The molecule has 4 rings (SSSR count). The van der Waals surface area contributed by atoms with Crippen LogP contribution < -0.4 is 4.74 Å². The minimum atomic E-state index is -1.66. The molecule has 2 aliphatic heterocycles. The van der Waals surface area contributed by atoms with Gasteiger partial charge in [0.25, 0.3) is 0 Å². The van der Waals surface area contributed by atoms with Crippen molar-refractivity contribution in [1.29, 1.82) is 0 Å². The second-order valence-electron chi connectivity index (χ2n) is 7.57. The summed E-state index contributed by atoms with van der Waals surface area (Å²) in [6, 6.07) is 7.90. The molecule has 1 fully saturated rings. The van der Waals surface area contributed by atoms with E-state index in [0.717, 1.165) is 6.07 Å². The number of ether oxygens (including phenoxy) is 3. The first-order chi connectivity index (χ1) is 14.7. The van der Waals surface area contributed by atoms with Crippen LogP contribution in [-0.2, 0) is 9.47 Å². The lowest BCUT2D eigenvalue weighted by Gasteiger charge is -2.42. The van der Waals surface area contributed by atoms with E-state index in [1.54, 1.807) is 0 Å². The highest BCUT2D eigenvalue weighted by Crippen LogP contribution is 2.43. The Morgan fingerprint density at radius 3 is 2.26 bits per heavy atom. The number of carbonyl (C=O) groups is 1. The van der Waals surface area contributed by atoms with Crippen LogP contribution in [0.2, 0.25) is 0 Å². The molecular formula is C21H22O10. The van der Waals surface area contributed by atoms with Gasteiger partial charge in [0.05, 0.1) is 6.10 Å². The van der Waals surface area contributed by atoms with Gasteiger partial charge in [-0.2, -0.15) is 0 Å². The lowest BCUT2D eigenvalue weighted by atomic mass is 9.92. The number of fused-ring (bicyclic) bond motifs is 1. The molecule has 7 atom stereocenters. The van der Waals surface area contributed by atoms with Crippen molar-refractivity contribution in [3.05, 3.63) is 47.5 Å². The fourth-order valence-corrected chi connectivity index (χ4v) is 3.72. The third-order valence-corrected chi connectivity index (χ3v) is 5.41. The zero-order chi connectivity index (χ0) is 22.4. The Labute approximate surface area is 176 Å². The first-order valence-electron chi connectivity index (χ1n) is 9.58. The maximum atomic E-state index is 13.3. The SMILES string of the molecule is C[C@@H]1O[C@@H](O[C@@H]2C(=O)c3c(O)cc(O)cc3O[C@@H]2c2ccc(O)cc2)[C@@H](O)[C@H](O)[C@H]1O. The minimum absolute atomic E-state index is 0.0176. The molecule has 0 spiro atoms. The summed E-state index contributed by atoms with van der Waals surface area (Å²) in [5.41, 5.74) is 0.195. The van der Waals surface area contributed by atoms with Crippen molar-refractivity contribution in [2.45, 2.75) is 49.8 Å². The highest BCUT2D eigenvalue weighted by atomic mass is 16.7. The van der Waals surface area contributed by atoms with Crippen molar-refractivity contribution in [3.63, 3.8) is 0 Å². The van der Waals surface area contributed by atoms with Gasteiger partial charge < -0.3 is 44.8 Å². The van der Waals surface area contributed by atoms with Crippen LogP contribution >= 0.6 is 0 Å². The largest absolute Gasteiger partial charge is 0.508 e. The molecule has 2 heterocycles. The normalized spacial score (nSPS) is 32.9. The maximum Gasteiger partial charge on any atom is 0.203 e. The molecule has 1 saturated heterocycles. The van der Waals surface area contributed by atoms with E-state index in [4.69, 9.17) is 14.2 Å². The van der Waals surface area contributed by atoms with Gasteiger partial charge in [-0.1, -0.05) is 12.1 Å². The van der Waals surface area contributed by atoms with Gasteiger partial charge in [0, 0.05) is 12.1 Å². The summed E-state index contributed by atoms with van der Waals surface area (Å²) in [6.07, 6.45) is -9.49. The lowest BCUT2D eigenvalue weighted by Crippen LogP contribution is -2.59. The number of aliphatic hydroxyl groups is 3. The van der Waals surface area contributed by atoms with Gasteiger partial charge in [0.15, 0.2) is 18.5 Å². The summed E-state index contributed by atoms with van der Waals surface area (Å²) in [6.45, 7) is 1.47. The van der Waals surface area contributed by atoms with Crippen LogP contribution in [0.5, 0.6) is 23.0 Å². The number of phenolic OH excluding ortho intramolecular Hbond substituents is 3. The lowest BCUT2D eigenvalue weighted by molar-refractivity contribution is -0.304. The minimum Gasteiger partial charge on any atom is -0.508 e. The Hall–Kier alpha value is -2.89. The summed E-state index contributed by atoms with van der Waals surface area (Å²) in [4.78, 5) is 13.3. The first-order valence-corrected chi connectivity index (χ1v) is 9.58. The number of carbonyl (C=O) groups excluding carboxylic acids is 1. The number of benzene rings is 2. The van der Waals surface area contributed by atoms with Crippen molar-refractivity contribution in [2.75, 3.05) is 0 Å². The molecule has 166 valence electrons. The van der Waals surface area contributed by atoms with Crippen molar-refractivity contribution >= 4 is 5.78 Å². The molecular weight excluding hydrogens is 412 g/mol. The summed E-state index contributed by atoms with van der Waals surface area (Å²) in [7, 11) is 0. The van der Waals surface area contributed by atoms with Crippen LogP contribution in [0.25, 0.3) is 0 Å². The van der Waals surface area contributed by atoms with Crippen molar-refractivity contribution < 1.29 is 49.6 Å². The number of phenols is 3. The van der Waals surface area contributed by atoms with Gasteiger partial charge in [-0.05, 0) is 24.6 Å². The Morgan fingerprint density at radius 2 is 1.58 bits per heavy atom. The molecule has 0 bridgehead atoms. The highest BCUT2D eigenvalue weighted by molar-refractivity contribution is 6.05.